The number of nitrogens with one attached hydrogen (secondary N) is 1. The molecule has 0 bridgehead atoms. The molecular formula is C21H24N2O4S. The predicted octanol–water partition coefficient (Wildman–Crippen LogP) is 3.70. The summed E-state index contributed by atoms with van der Waals surface area (Å²) >= 11 is 1.60. The van der Waals surface area contributed by atoms with Gasteiger partial charge in [-0.05, 0) is 48.9 Å². The first-order valence-electron chi connectivity index (χ1n) is 9.21. The number of hydrogen-bond donors (Lipinski definition) is 1. The highest BCUT2D eigenvalue weighted by molar-refractivity contribution is 8.00. The van der Waals surface area contributed by atoms with Crippen LogP contribution in [-0.2, 0) is 9.59 Å². The maximum Gasteiger partial charge on any atom is 0.233 e. The van der Waals surface area contributed by atoms with E-state index in [9.17, 15) is 9.59 Å². The fourth-order valence-corrected chi connectivity index (χ4v) is 4.19. The molecule has 2 aromatic rings. The summed E-state index contributed by atoms with van der Waals surface area (Å²) in [5, 5.41) is 2.71. The van der Waals surface area contributed by atoms with Crippen LogP contribution >= 0.6 is 11.8 Å². The summed E-state index contributed by atoms with van der Waals surface area (Å²) < 4.78 is 11.2. The molecule has 1 aliphatic rings. The molecule has 1 fully saturated rings. The average Bonchev–Trinajstić information content (AvgIpc) is 3.04. The van der Waals surface area contributed by atoms with Crippen molar-refractivity contribution >= 4 is 29.3 Å². The normalized spacial score (nSPS) is 16.1. The van der Waals surface area contributed by atoms with Crippen molar-refractivity contribution in [1.29, 1.82) is 0 Å². The van der Waals surface area contributed by atoms with E-state index in [0.29, 0.717) is 25.5 Å². The van der Waals surface area contributed by atoms with Crippen molar-refractivity contribution in [3.63, 3.8) is 0 Å². The van der Waals surface area contributed by atoms with Crippen molar-refractivity contribution < 1.29 is 19.1 Å². The lowest BCUT2D eigenvalue weighted by atomic mass is 10.2. The van der Waals surface area contributed by atoms with E-state index >= 15 is 0 Å². The van der Waals surface area contributed by atoms with Gasteiger partial charge in [-0.1, -0.05) is 12.1 Å². The van der Waals surface area contributed by atoms with Crippen LogP contribution in [0.5, 0.6) is 11.5 Å². The quantitative estimate of drug-likeness (QED) is 0.732. The number of anilines is 1. The molecular weight excluding hydrogens is 376 g/mol. The number of ether oxygens (including phenoxy) is 2. The molecule has 2 aromatic carbocycles. The van der Waals surface area contributed by atoms with E-state index in [4.69, 9.17) is 9.47 Å². The average molecular weight is 401 g/mol. The minimum absolute atomic E-state index is 0.0391. The second-order valence-electron chi connectivity index (χ2n) is 6.31. The van der Waals surface area contributed by atoms with Crippen LogP contribution in [0.2, 0.25) is 0 Å². The Morgan fingerprint density at radius 3 is 2.36 bits per heavy atom. The number of amides is 2. The highest BCUT2D eigenvalue weighted by Gasteiger charge is 2.32. The van der Waals surface area contributed by atoms with Gasteiger partial charge < -0.3 is 19.7 Å². The Balaban J connectivity index is 1.57. The topological polar surface area (TPSA) is 67.9 Å². The van der Waals surface area contributed by atoms with Crippen LogP contribution in [-0.4, -0.2) is 42.2 Å². The van der Waals surface area contributed by atoms with Crippen molar-refractivity contribution in [3.8, 4) is 11.5 Å². The van der Waals surface area contributed by atoms with Gasteiger partial charge in [0.2, 0.25) is 11.8 Å². The Morgan fingerprint density at radius 1 is 1.11 bits per heavy atom. The fraction of sp³-hybridized carbons (Fsp3) is 0.333. The second kappa shape index (κ2) is 9.50. The van der Waals surface area contributed by atoms with Crippen LogP contribution in [0, 0.1) is 0 Å². The zero-order valence-electron chi connectivity index (χ0n) is 16.0. The Hall–Kier alpha value is -2.67. The lowest BCUT2D eigenvalue weighted by Gasteiger charge is -2.24. The zero-order valence-corrected chi connectivity index (χ0v) is 16.8. The van der Waals surface area contributed by atoms with E-state index in [1.165, 1.54) is 6.92 Å². The minimum atomic E-state index is -0.105. The van der Waals surface area contributed by atoms with Gasteiger partial charge in [0.25, 0.3) is 0 Å². The van der Waals surface area contributed by atoms with E-state index in [1.807, 2.05) is 60.4 Å². The summed E-state index contributed by atoms with van der Waals surface area (Å²) in [4.78, 5) is 25.3. The number of carbonyl (C=O) groups is 2. The van der Waals surface area contributed by atoms with Gasteiger partial charge in [0.1, 0.15) is 23.5 Å². The molecule has 1 saturated heterocycles. The van der Waals surface area contributed by atoms with Gasteiger partial charge in [-0.15, -0.1) is 11.8 Å². The molecule has 3 rings (SSSR count). The first-order chi connectivity index (χ1) is 13.6. The lowest BCUT2D eigenvalue weighted by molar-refractivity contribution is -0.128. The van der Waals surface area contributed by atoms with Gasteiger partial charge in [0.15, 0.2) is 0 Å². The molecule has 7 heteroatoms. The SMILES string of the molecule is CCOc1ccc(OCCN2C(=O)CS[C@@H]2c2ccc(NC(C)=O)cc2)cc1. The minimum Gasteiger partial charge on any atom is -0.494 e. The summed E-state index contributed by atoms with van der Waals surface area (Å²) in [6.45, 7) is 4.98. The molecule has 0 saturated carbocycles. The molecule has 1 N–H and O–H groups in total. The van der Waals surface area contributed by atoms with Crippen molar-refractivity contribution in [3.05, 3.63) is 54.1 Å². The van der Waals surface area contributed by atoms with E-state index in [1.54, 1.807) is 11.8 Å². The lowest BCUT2D eigenvalue weighted by Crippen LogP contribution is -2.32. The van der Waals surface area contributed by atoms with E-state index in [-0.39, 0.29) is 17.2 Å². The first kappa shape index (κ1) is 20.1. The van der Waals surface area contributed by atoms with Crippen molar-refractivity contribution in [2.75, 3.05) is 30.8 Å². The van der Waals surface area contributed by atoms with Crippen LogP contribution in [0.3, 0.4) is 0 Å². The third kappa shape index (κ3) is 5.19. The Morgan fingerprint density at radius 2 is 1.75 bits per heavy atom. The van der Waals surface area contributed by atoms with E-state index in [2.05, 4.69) is 5.32 Å². The van der Waals surface area contributed by atoms with Gasteiger partial charge >= 0.3 is 0 Å². The largest absolute Gasteiger partial charge is 0.494 e. The maximum atomic E-state index is 12.3. The molecule has 0 aliphatic carbocycles. The number of rotatable bonds is 8. The number of benzene rings is 2. The van der Waals surface area contributed by atoms with Gasteiger partial charge in [-0.3, -0.25) is 9.59 Å². The Labute approximate surface area is 169 Å². The van der Waals surface area contributed by atoms with Gasteiger partial charge in [-0.2, -0.15) is 0 Å². The molecule has 2 amide bonds. The zero-order chi connectivity index (χ0) is 19.9. The summed E-state index contributed by atoms with van der Waals surface area (Å²) in [5.74, 6) is 2.02. The molecule has 0 unspecified atom stereocenters. The van der Waals surface area contributed by atoms with Crippen LogP contribution in [0.25, 0.3) is 0 Å². The smallest absolute Gasteiger partial charge is 0.233 e. The molecule has 0 aromatic heterocycles. The molecule has 0 spiro atoms. The summed E-state index contributed by atoms with van der Waals surface area (Å²) in [7, 11) is 0. The van der Waals surface area contributed by atoms with E-state index in [0.717, 1.165) is 22.7 Å². The number of thioether (sulfide) groups is 1. The van der Waals surface area contributed by atoms with Crippen LogP contribution in [0.4, 0.5) is 5.69 Å². The van der Waals surface area contributed by atoms with Crippen molar-refractivity contribution in [2.45, 2.75) is 19.2 Å². The molecule has 148 valence electrons. The van der Waals surface area contributed by atoms with Gasteiger partial charge in [-0.25, -0.2) is 0 Å². The monoisotopic (exact) mass is 400 g/mol. The number of carbonyl (C=O) groups excluding carboxylic acids is 2. The van der Waals surface area contributed by atoms with Crippen LogP contribution < -0.4 is 14.8 Å². The van der Waals surface area contributed by atoms with Crippen molar-refractivity contribution in [2.24, 2.45) is 0 Å². The standard InChI is InChI=1S/C21H24N2O4S/c1-3-26-18-8-10-19(11-9-18)27-13-12-23-20(25)14-28-21(23)16-4-6-17(7-5-16)22-15(2)24/h4-11,21H,3,12-14H2,1-2H3,(H,22,24)/t21-/m1/s1. The number of hydrogen-bond acceptors (Lipinski definition) is 5. The van der Waals surface area contributed by atoms with Crippen molar-refractivity contribution in [1.82, 2.24) is 4.90 Å². The maximum absolute atomic E-state index is 12.3. The van der Waals surface area contributed by atoms with Crippen LogP contribution in [0.1, 0.15) is 24.8 Å². The highest BCUT2D eigenvalue weighted by Crippen LogP contribution is 2.38. The molecule has 28 heavy (non-hydrogen) atoms. The summed E-state index contributed by atoms with van der Waals surface area (Å²) in [6, 6.07) is 15.1. The highest BCUT2D eigenvalue weighted by atomic mass is 32.2. The Bertz CT molecular complexity index is 808. The van der Waals surface area contributed by atoms with Crippen LogP contribution in [0.15, 0.2) is 48.5 Å². The summed E-state index contributed by atoms with van der Waals surface area (Å²) in [5.41, 5.74) is 1.78. The predicted molar refractivity (Wildman–Crippen MR) is 111 cm³/mol. The summed E-state index contributed by atoms with van der Waals surface area (Å²) in [6.07, 6.45) is 0. The van der Waals surface area contributed by atoms with Gasteiger partial charge in [0.05, 0.1) is 18.9 Å². The van der Waals surface area contributed by atoms with E-state index < -0.39 is 0 Å². The third-order valence-corrected chi connectivity index (χ3v) is 5.48. The molecule has 0 radical (unpaired) electrons. The fourth-order valence-electron chi connectivity index (χ4n) is 2.97. The molecule has 6 nitrogen and oxygen atoms in total. The molecule has 1 atom stereocenters. The molecule has 1 heterocycles. The Kier molecular flexibility index (Phi) is 6.81. The second-order valence-corrected chi connectivity index (χ2v) is 7.38. The third-order valence-electron chi connectivity index (χ3n) is 4.22. The first-order valence-corrected chi connectivity index (χ1v) is 10.3. The number of nitrogens with zero attached hydrogens (tertiary/aromatic N) is 1. The molecule has 1 aliphatic heterocycles. The van der Waals surface area contributed by atoms with Gasteiger partial charge in [0, 0.05) is 12.6 Å².